The van der Waals surface area contributed by atoms with Gasteiger partial charge in [-0.1, -0.05) is 37.6 Å². The summed E-state index contributed by atoms with van der Waals surface area (Å²) >= 11 is 1.47. The lowest BCUT2D eigenvalue weighted by Gasteiger charge is -2.04. The highest BCUT2D eigenvalue weighted by Gasteiger charge is 2.07. The average molecular weight is 305 g/mol. The second kappa shape index (κ2) is 7.90. The van der Waals surface area contributed by atoms with E-state index in [1.165, 1.54) is 11.3 Å². The maximum atomic E-state index is 10.7. The smallest absolute Gasteiger partial charge is 0.309 e. The van der Waals surface area contributed by atoms with E-state index >= 15 is 0 Å². The van der Waals surface area contributed by atoms with Gasteiger partial charge in [-0.05, 0) is 12.0 Å². The summed E-state index contributed by atoms with van der Waals surface area (Å²) in [5.41, 5.74) is 2.75. The van der Waals surface area contributed by atoms with Gasteiger partial charge in [-0.2, -0.15) is 0 Å². The van der Waals surface area contributed by atoms with Crippen LogP contribution in [0.3, 0.4) is 0 Å². The molecule has 0 bridgehead atoms. The van der Waals surface area contributed by atoms with Crippen molar-refractivity contribution in [2.24, 2.45) is 0 Å². The van der Waals surface area contributed by atoms with Gasteiger partial charge in [-0.25, -0.2) is 4.98 Å². The number of nitrogens with zero attached hydrogens (tertiary/aromatic N) is 1. The number of thiazole rings is 1. The summed E-state index contributed by atoms with van der Waals surface area (Å²) in [6.45, 7) is 3.57. The molecule has 5 heteroatoms. The Morgan fingerprint density at radius 3 is 2.76 bits per heavy atom. The van der Waals surface area contributed by atoms with Crippen molar-refractivity contribution in [2.45, 2.75) is 32.8 Å². The zero-order valence-electron chi connectivity index (χ0n) is 12.0. The molecule has 1 aromatic heterocycles. The number of benzene rings is 1. The van der Waals surface area contributed by atoms with E-state index < -0.39 is 5.97 Å². The predicted octanol–water partition coefficient (Wildman–Crippen LogP) is 3.75. The normalized spacial score (nSPS) is 10.7. The van der Waals surface area contributed by atoms with Crippen LogP contribution >= 0.6 is 11.3 Å². The van der Waals surface area contributed by atoms with Crippen molar-refractivity contribution in [1.82, 2.24) is 4.98 Å². The van der Waals surface area contributed by atoms with Gasteiger partial charge in [-0.3, -0.25) is 4.79 Å². The zero-order valence-corrected chi connectivity index (χ0v) is 12.9. The Kier molecular flexibility index (Phi) is 5.90. The van der Waals surface area contributed by atoms with Crippen molar-refractivity contribution in [2.75, 3.05) is 6.61 Å². The Morgan fingerprint density at radius 2 is 2.10 bits per heavy atom. The molecule has 0 saturated heterocycles. The molecular weight excluding hydrogens is 286 g/mol. The number of aromatic nitrogens is 1. The first-order valence-electron chi connectivity index (χ1n) is 7.02. The Balaban J connectivity index is 1.95. The Bertz CT molecular complexity index is 577. The number of carboxylic acids is 1. The van der Waals surface area contributed by atoms with Crippen molar-refractivity contribution in [3.05, 3.63) is 40.9 Å². The quantitative estimate of drug-likeness (QED) is 0.754. The lowest BCUT2D eigenvalue weighted by Crippen LogP contribution is -1.99. The summed E-state index contributed by atoms with van der Waals surface area (Å²) in [7, 11) is 0. The Labute approximate surface area is 128 Å². The van der Waals surface area contributed by atoms with Crippen LogP contribution in [0.5, 0.6) is 0 Å². The van der Waals surface area contributed by atoms with Crippen LogP contribution in [-0.2, 0) is 22.6 Å². The molecule has 0 amide bonds. The maximum Gasteiger partial charge on any atom is 0.309 e. The van der Waals surface area contributed by atoms with Crippen molar-refractivity contribution in [3.8, 4) is 10.6 Å². The van der Waals surface area contributed by atoms with E-state index in [0.29, 0.717) is 12.3 Å². The van der Waals surface area contributed by atoms with Gasteiger partial charge < -0.3 is 9.84 Å². The van der Waals surface area contributed by atoms with Gasteiger partial charge in [0.1, 0.15) is 5.01 Å². The number of ether oxygens (including phenoxy) is 1. The molecule has 2 rings (SSSR count). The van der Waals surface area contributed by atoms with Crippen molar-refractivity contribution >= 4 is 17.3 Å². The topological polar surface area (TPSA) is 59.4 Å². The van der Waals surface area contributed by atoms with E-state index in [-0.39, 0.29) is 6.42 Å². The molecule has 0 saturated carbocycles. The molecule has 0 fully saturated rings. The van der Waals surface area contributed by atoms with Crippen LogP contribution in [0.2, 0.25) is 0 Å². The Hall–Kier alpha value is -1.72. The van der Waals surface area contributed by atoms with E-state index in [2.05, 4.69) is 11.9 Å². The molecule has 0 atom stereocenters. The van der Waals surface area contributed by atoms with Crippen LogP contribution in [0, 0.1) is 0 Å². The molecule has 0 spiro atoms. The molecule has 4 nitrogen and oxygen atoms in total. The number of rotatable bonds is 8. The molecule has 21 heavy (non-hydrogen) atoms. The fourth-order valence-corrected chi connectivity index (χ4v) is 2.68. The second-order valence-corrected chi connectivity index (χ2v) is 5.68. The van der Waals surface area contributed by atoms with Crippen LogP contribution < -0.4 is 0 Å². The largest absolute Gasteiger partial charge is 0.481 e. The van der Waals surface area contributed by atoms with Crippen molar-refractivity contribution in [1.29, 1.82) is 0 Å². The lowest BCUT2D eigenvalue weighted by atomic mass is 10.1. The number of carboxylic acid groups (broad SMARTS) is 1. The third kappa shape index (κ3) is 4.95. The number of hydrogen-bond acceptors (Lipinski definition) is 4. The molecule has 1 aromatic carbocycles. The highest BCUT2D eigenvalue weighted by Crippen LogP contribution is 2.24. The SMILES string of the molecule is CCCCOCc1ccc(-c2nc(CC(=O)O)cs2)cc1. The van der Waals surface area contributed by atoms with E-state index in [1.54, 1.807) is 5.38 Å². The number of unbranched alkanes of at least 4 members (excludes halogenated alkanes) is 1. The summed E-state index contributed by atoms with van der Waals surface area (Å²) < 4.78 is 5.58. The van der Waals surface area contributed by atoms with Gasteiger partial charge in [-0.15, -0.1) is 11.3 Å². The fourth-order valence-electron chi connectivity index (χ4n) is 1.86. The summed E-state index contributed by atoms with van der Waals surface area (Å²) in [4.78, 5) is 15.0. The van der Waals surface area contributed by atoms with Gasteiger partial charge in [0, 0.05) is 17.6 Å². The lowest BCUT2D eigenvalue weighted by molar-refractivity contribution is -0.136. The molecular formula is C16H19NO3S. The minimum absolute atomic E-state index is 0.0279. The number of aliphatic carboxylic acids is 1. The van der Waals surface area contributed by atoms with E-state index in [9.17, 15) is 4.79 Å². The van der Waals surface area contributed by atoms with Gasteiger partial charge >= 0.3 is 5.97 Å². The fraction of sp³-hybridized carbons (Fsp3) is 0.375. The van der Waals surface area contributed by atoms with E-state index in [0.717, 1.165) is 35.6 Å². The number of hydrogen-bond donors (Lipinski definition) is 1. The third-order valence-electron chi connectivity index (χ3n) is 3.00. The van der Waals surface area contributed by atoms with Gasteiger partial charge in [0.25, 0.3) is 0 Å². The first-order chi connectivity index (χ1) is 10.2. The second-order valence-electron chi connectivity index (χ2n) is 4.82. The van der Waals surface area contributed by atoms with Crippen LogP contribution in [-0.4, -0.2) is 22.7 Å². The molecule has 0 aliphatic heterocycles. The summed E-state index contributed by atoms with van der Waals surface area (Å²) in [5, 5.41) is 11.4. The highest BCUT2D eigenvalue weighted by atomic mass is 32.1. The first-order valence-corrected chi connectivity index (χ1v) is 7.90. The highest BCUT2D eigenvalue weighted by molar-refractivity contribution is 7.13. The molecule has 0 radical (unpaired) electrons. The average Bonchev–Trinajstić information content (AvgIpc) is 2.92. The zero-order chi connectivity index (χ0) is 15.1. The van der Waals surface area contributed by atoms with Crippen molar-refractivity contribution in [3.63, 3.8) is 0 Å². The van der Waals surface area contributed by atoms with Gasteiger partial charge in [0.2, 0.25) is 0 Å². The van der Waals surface area contributed by atoms with E-state index in [1.807, 2.05) is 24.3 Å². The monoisotopic (exact) mass is 305 g/mol. The molecule has 1 N–H and O–H groups in total. The summed E-state index contributed by atoms with van der Waals surface area (Å²) in [6.07, 6.45) is 2.20. The van der Waals surface area contributed by atoms with Crippen LogP contribution in [0.15, 0.2) is 29.6 Å². The number of carbonyl (C=O) groups is 1. The minimum atomic E-state index is -0.855. The van der Waals surface area contributed by atoms with Crippen LogP contribution in [0.1, 0.15) is 31.0 Å². The molecule has 112 valence electrons. The standard InChI is InChI=1S/C16H19NO3S/c1-2-3-8-20-10-12-4-6-13(7-5-12)16-17-14(11-21-16)9-15(18)19/h4-7,11H,2-3,8-10H2,1H3,(H,18,19). The minimum Gasteiger partial charge on any atom is -0.481 e. The van der Waals surface area contributed by atoms with Crippen LogP contribution in [0.4, 0.5) is 0 Å². The maximum absolute atomic E-state index is 10.7. The molecule has 0 unspecified atom stereocenters. The van der Waals surface area contributed by atoms with Gasteiger partial charge in [0.15, 0.2) is 0 Å². The van der Waals surface area contributed by atoms with Gasteiger partial charge in [0.05, 0.1) is 18.7 Å². The first kappa shape index (κ1) is 15.7. The van der Waals surface area contributed by atoms with Crippen molar-refractivity contribution < 1.29 is 14.6 Å². The van der Waals surface area contributed by atoms with Crippen LogP contribution in [0.25, 0.3) is 10.6 Å². The molecule has 0 aliphatic rings. The Morgan fingerprint density at radius 1 is 1.33 bits per heavy atom. The molecule has 0 aliphatic carbocycles. The molecule has 1 heterocycles. The predicted molar refractivity (Wildman–Crippen MR) is 83.5 cm³/mol. The van der Waals surface area contributed by atoms with E-state index in [4.69, 9.17) is 9.84 Å². The molecule has 2 aromatic rings. The summed E-state index contributed by atoms with van der Waals surface area (Å²) in [5.74, 6) is -0.855. The summed E-state index contributed by atoms with van der Waals surface area (Å²) in [6, 6.07) is 8.06. The third-order valence-corrected chi connectivity index (χ3v) is 3.94.